The highest BCUT2D eigenvalue weighted by atomic mass is 32.1. The Kier molecular flexibility index (Phi) is 4.09. The van der Waals surface area contributed by atoms with Crippen molar-refractivity contribution in [1.82, 2.24) is 4.57 Å². The number of allylic oxidation sites excluding steroid dienone is 1. The highest BCUT2D eigenvalue weighted by molar-refractivity contribution is 7.08. The quantitative estimate of drug-likeness (QED) is 0.719. The van der Waals surface area contributed by atoms with Gasteiger partial charge in [0, 0.05) is 0 Å². The molecule has 5 nitrogen and oxygen atoms in total. The molecule has 1 aliphatic rings. The number of nitrogens with zero attached hydrogens (tertiary/aromatic N) is 3. The van der Waals surface area contributed by atoms with E-state index in [0.29, 0.717) is 14.8 Å². The lowest BCUT2D eigenvalue weighted by molar-refractivity contribution is 0.908. The summed E-state index contributed by atoms with van der Waals surface area (Å²) in [6, 6.07) is 8.09. The first-order valence-electron chi connectivity index (χ1n) is 7.48. The van der Waals surface area contributed by atoms with Crippen LogP contribution in [0.25, 0.3) is 17.5 Å². The first-order valence-corrected chi connectivity index (χ1v) is 10.2. The third kappa shape index (κ3) is 2.44. The van der Waals surface area contributed by atoms with Crippen molar-refractivity contribution in [1.29, 1.82) is 10.5 Å². The van der Waals surface area contributed by atoms with Gasteiger partial charge in [-0.15, -0.1) is 11.3 Å². The number of thiophene rings is 2. The van der Waals surface area contributed by atoms with Crippen molar-refractivity contribution < 1.29 is 0 Å². The molecule has 0 amide bonds. The standard InChI is InChI=1S/C18H10N4OS3/c19-6-12-15(11-2-4-25-9-11)13(7-20)18-22(16(12)21)17(23)14(26-18)5-10-1-3-24-8-10/h1-5,8-9,15H,21H2/b14-5+. The van der Waals surface area contributed by atoms with Crippen molar-refractivity contribution in [2.45, 2.75) is 5.92 Å². The van der Waals surface area contributed by atoms with Crippen LogP contribution in [0.4, 0.5) is 0 Å². The maximum Gasteiger partial charge on any atom is 0.274 e. The summed E-state index contributed by atoms with van der Waals surface area (Å²) in [5.74, 6) is -0.438. The van der Waals surface area contributed by atoms with Gasteiger partial charge in [-0.3, -0.25) is 9.36 Å². The lowest BCUT2D eigenvalue weighted by atomic mass is 9.86. The molecule has 0 saturated heterocycles. The van der Waals surface area contributed by atoms with E-state index >= 15 is 0 Å². The smallest absolute Gasteiger partial charge is 0.274 e. The molecule has 1 aliphatic heterocycles. The summed E-state index contributed by atoms with van der Waals surface area (Å²) in [4.78, 5) is 12.9. The van der Waals surface area contributed by atoms with E-state index in [1.54, 1.807) is 6.08 Å². The molecule has 1 atom stereocenters. The zero-order valence-electron chi connectivity index (χ0n) is 13.2. The fraction of sp³-hybridized carbons (Fsp3) is 0.0556. The van der Waals surface area contributed by atoms with Gasteiger partial charge < -0.3 is 5.73 Å². The first kappa shape index (κ1) is 16.6. The maximum absolute atomic E-state index is 12.9. The Morgan fingerprint density at radius 2 is 1.85 bits per heavy atom. The highest BCUT2D eigenvalue weighted by Crippen LogP contribution is 2.36. The molecule has 4 heterocycles. The third-order valence-electron chi connectivity index (χ3n) is 4.11. The minimum absolute atomic E-state index is 0.101. The Morgan fingerprint density at radius 1 is 1.12 bits per heavy atom. The van der Waals surface area contributed by atoms with Gasteiger partial charge in [0.1, 0.15) is 10.5 Å². The van der Waals surface area contributed by atoms with Crippen LogP contribution in [0, 0.1) is 22.7 Å². The van der Waals surface area contributed by atoms with Crippen molar-refractivity contribution in [3.05, 3.63) is 69.9 Å². The van der Waals surface area contributed by atoms with Crippen LogP contribution in [0.15, 0.2) is 44.0 Å². The van der Waals surface area contributed by atoms with Crippen molar-refractivity contribution in [2.75, 3.05) is 0 Å². The van der Waals surface area contributed by atoms with Gasteiger partial charge in [0.05, 0.1) is 33.7 Å². The summed E-state index contributed by atoms with van der Waals surface area (Å²) < 4.78 is 2.27. The van der Waals surface area contributed by atoms with E-state index in [1.807, 2.05) is 33.7 Å². The Labute approximate surface area is 160 Å². The number of nitrogens with two attached hydrogens (primary N) is 1. The van der Waals surface area contributed by atoms with Crippen molar-refractivity contribution in [2.24, 2.45) is 5.73 Å². The number of thiazole rings is 1. The summed E-state index contributed by atoms with van der Waals surface area (Å²) in [5.41, 5.74) is 8.25. The summed E-state index contributed by atoms with van der Waals surface area (Å²) in [7, 11) is 0. The SMILES string of the molecule is N#CC1=C(N)n2c(s/c(=C/c3ccsc3)c2=O)=C(C#N)C1c1ccsc1. The number of aromatic nitrogens is 1. The molecule has 0 bridgehead atoms. The summed E-state index contributed by atoms with van der Waals surface area (Å²) in [5, 5.41) is 27.1. The Hall–Kier alpha value is -2.91. The van der Waals surface area contributed by atoms with Gasteiger partial charge in [-0.05, 0) is 50.9 Å². The molecule has 4 rings (SSSR count). The zero-order chi connectivity index (χ0) is 18.3. The molecule has 2 N–H and O–H groups in total. The van der Waals surface area contributed by atoms with E-state index in [4.69, 9.17) is 5.73 Å². The van der Waals surface area contributed by atoms with E-state index in [1.165, 1.54) is 38.6 Å². The van der Waals surface area contributed by atoms with Gasteiger partial charge >= 0.3 is 0 Å². The fourth-order valence-electron chi connectivity index (χ4n) is 2.93. The predicted octanol–water partition coefficient (Wildman–Crippen LogP) is 1.98. The molecule has 8 heteroatoms. The van der Waals surface area contributed by atoms with E-state index in [0.717, 1.165) is 11.1 Å². The Bertz CT molecular complexity index is 1280. The molecule has 0 aliphatic carbocycles. The normalized spacial score (nSPS) is 17.1. The largest absolute Gasteiger partial charge is 0.384 e. The molecule has 0 aromatic carbocycles. The second kappa shape index (κ2) is 6.43. The first-order chi connectivity index (χ1) is 12.7. The van der Waals surface area contributed by atoms with Crippen molar-refractivity contribution in [3.63, 3.8) is 0 Å². The van der Waals surface area contributed by atoms with Crippen LogP contribution < -0.4 is 20.5 Å². The van der Waals surface area contributed by atoms with Crippen LogP contribution >= 0.6 is 34.0 Å². The maximum atomic E-state index is 12.9. The highest BCUT2D eigenvalue weighted by Gasteiger charge is 2.32. The Balaban J connectivity index is 2.11. The van der Waals surface area contributed by atoms with Crippen LogP contribution in [-0.2, 0) is 0 Å². The number of rotatable bonds is 2. The van der Waals surface area contributed by atoms with E-state index < -0.39 is 5.92 Å². The van der Waals surface area contributed by atoms with Gasteiger partial charge in [-0.1, -0.05) is 0 Å². The summed E-state index contributed by atoms with van der Waals surface area (Å²) in [6.07, 6.45) is 1.78. The van der Waals surface area contributed by atoms with E-state index in [9.17, 15) is 15.3 Å². The number of hydrogen-bond donors (Lipinski definition) is 1. The van der Waals surface area contributed by atoms with Crippen LogP contribution in [0.1, 0.15) is 17.0 Å². The minimum atomic E-state index is -0.539. The van der Waals surface area contributed by atoms with Crippen LogP contribution in [-0.4, -0.2) is 4.57 Å². The topological polar surface area (TPSA) is 95.6 Å². The molecular formula is C18H10N4OS3. The summed E-state index contributed by atoms with van der Waals surface area (Å²) >= 11 is 4.26. The second-order valence-electron chi connectivity index (χ2n) is 5.54. The van der Waals surface area contributed by atoms with Gasteiger partial charge in [0.2, 0.25) is 0 Å². The average Bonchev–Trinajstić information content (AvgIpc) is 3.38. The third-order valence-corrected chi connectivity index (χ3v) is 6.62. The van der Waals surface area contributed by atoms with Crippen LogP contribution in [0.5, 0.6) is 0 Å². The molecule has 1 unspecified atom stereocenters. The lowest BCUT2D eigenvalue weighted by Crippen LogP contribution is -2.38. The van der Waals surface area contributed by atoms with Crippen LogP contribution in [0.2, 0.25) is 0 Å². The lowest BCUT2D eigenvalue weighted by Gasteiger charge is -2.21. The minimum Gasteiger partial charge on any atom is -0.384 e. The monoisotopic (exact) mass is 394 g/mol. The second-order valence-corrected chi connectivity index (χ2v) is 8.13. The molecule has 0 saturated carbocycles. The van der Waals surface area contributed by atoms with Crippen LogP contribution in [0.3, 0.4) is 0 Å². The molecule has 0 radical (unpaired) electrons. The summed E-state index contributed by atoms with van der Waals surface area (Å²) in [6.45, 7) is 0. The molecule has 0 fully saturated rings. The number of fused-ring (bicyclic) bond motifs is 1. The van der Waals surface area contributed by atoms with Gasteiger partial charge in [-0.25, -0.2) is 0 Å². The Morgan fingerprint density at radius 3 is 2.46 bits per heavy atom. The molecule has 26 heavy (non-hydrogen) atoms. The van der Waals surface area contributed by atoms with E-state index in [2.05, 4.69) is 12.1 Å². The molecule has 0 spiro atoms. The number of hydrogen-bond acceptors (Lipinski definition) is 7. The van der Waals surface area contributed by atoms with E-state index in [-0.39, 0.29) is 17.0 Å². The molecule has 3 aromatic heterocycles. The van der Waals surface area contributed by atoms with Crippen molar-refractivity contribution >= 4 is 51.5 Å². The molecule has 126 valence electrons. The molecular weight excluding hydrogens is 384 g/mol. The van der Waals surface area contributed by atoms with Crippen molar-refractivity contribution in [3.8, 4) is 12.1 Å². The zero-order valence-corrected chi connectivity index (χ0v) is 15.6. The van der Waals surface area contributed by atoms with Gasteiger partial charge in [0.15, 0.2) is 0 Å². The average molecular weight is 395 g/mol. The van der Waals surface area contributed by atoms with Gasteiger partial charge in [0.25, 0.3) is 5.56 Å². The fourth-order valence-corrected chi connectivity index (χ4v) is 5.36. The van der Waals surface area contributed by atoms with Gasteiger partial charge in [-0.2, -0.15) is 33.2 Å². The predicted molar refractivity (Wildman–Crippen MR) is 105 cm³/mol. The molecule has 3 aromatic rings. The number of nitriles is 2.